The Hall–Kier alpha value is -1.88. The number of anilines is 1. The molecule has 0 bridgehead atoms. The van der Waals surface area contributed by atoms with Crippen LogP contribution in [0.3, 0.4) is 0 Å². The molecular weight excluding hydrogens is 270 g/mol. The number of benzene rings is 1. The number of nitrogens with zero attached hydrogens (tertiary/aromatic N) is 1. The zero-order valence-electron chi connectivity index (χ0n) is 13.0. The van der Waals surface area contributed by atoms with E-state index in [1.165, 1.54) is 12.0 Å². The minimum absolute atomic E-state index is 0.108. The predicted molar refractivity (Wildman–Crippen MR) is 81.5 cm³/mol. The van der Waals surface area contributed by atoms with E-state index in [0.29, 0.717) is 12.1 Å². The van der Waals surface area contributed by atoms with Crippen molar-refractivity contribution in [3.8, 4) is 0 Å². The molecule has 0 aliphatic carbocycles. The van der Waals surface area contributed by atoms with Crippen molar-refractivity contribution in [3.63, 3.8) is 0 Å². The molecule has 0 saturated carbocycles. The van der Waals surface area contributed by atoms with Crippen LogP contribution in [0, 0.1) is 6.92 Å². The Balaban J connectivity index is 3.09. The molecule has 0 spiro atoms. The molecule has 5 heteroatoms. The highest BCUT2D eigenvalue weighted by Crippen LogP contribution is 2.23. The fourth-order valence-electron chi connectivity index (χ4n) is 1.95. The van der Waals surface area contributed by atoms with E-state index < -0.39 is 11.6 Å². The highest BCUT2D eigenvalue weighted by atomic mass is 16.5. The van der Waals surface area contributed by atoms with Crippen LogP contribution in [-0.2, 0) is 14.3 Å². The Morgan fingerprint density at radius 3 is 2.29 bits per heavy atom. The van der Waals surface area contributed by atoms with Crippen molar-refractivity contribution in [2.24, 2.45) is 0 Å². The predicted octanol–water partition coefficient (Wildman–Crippen LogP) is 2.62. The molecule has 1 unspecified atom stereocenters. The van der Waals surface area contributed by atoms with Crippen molar-refractivity contribution in [3.05, 3.63) is 29.8 Å². The van der Waals surface area contributed by atoms with Crippen LogP contribution in [0.25, 0.3) is 0 Å². The van der Waals surface area contributed by atoms with Crippen molar-refractivity contribution < 1.29 is 19.4 Å². The highest BCUT2D eigenvalue weighted by molar-refractivity contribution is 5.99. The van der Waals surface area contributed by atoms with Gasteiger partial charge in [-0.3, -0.25) is 9.59 Å². The SMILES string of the molecule is CCC(C)(OC)C(=O)N(CCC(=O)O)c1ccc(C)cc1. The van der Waals surface area contributed by atoms with E-state index in [0.717, 1.165) is 5.56 Å². The number of methoxy groups -OCH3 is 1. The van der Waals surface area contributed by atoms with Crippen LogP contribution in [0.15, 0.2) is 24.3 Å². The normalized spacial score (nSPS) is 13.5. The summed E-state index contributed by atoms with van der Waals surface area (Å²) in [6.45, 7) is 5.66. The van der Waals surface area contributed by atoms with Crippen molar-refractivity contribution in [2.45, 2.75) is 39.2 Å². The minimum Gasteiger partial charge on any atom is -0.481 e. The number of ether oxygens (including phenoxy) is 1. The number of carbonyl (C=O) groups is 2. The molecule has 0 aliphatic heterocycles. The van der Waals surface area contributed by atoms with Crippen LogP contribution in [0.4, 0.5) is 5.69 Å². The van der Waals surface area contributed by atoms with Crippen molar-refractivity contribution in [2.75, 3.05) is 18.6 Å². The molecule has 1 atom stereocenters. The number of carbonyl (C=O) groups excluding carboxylic acids is 1. The molecule has 1 aromatic carbocycles. The maximum atomic E-state index is 12.7. The fraction of sp³-hybridized carbons (Fsp3) is 0.500. The number of hydrogen-bond donors (Lipinski definition) is 1. The van der Waals surface area contributed by atoms with Gasteiger partial charge >= 0.3 is 5.97 Å². The molecule has 1 aromatic rings. The van der Waals surface area contributed by atoms with Crippen LogP contribution in [0.1, 0.15) is 32.3 Å². The number of rotatable bonds is 7. The van der Waals surface area contributed by atoms with Crippen LogP contribution < -0.4 is 4.90 Å². The first kappa shape index (κ1) is 17.2. The molecule has 0 heterocycles. The van der Waals surface area contributed by atoms with Crippen LogP contribution in [0.5, 0.6) is 0 Å². The second-order valence-corrected chi connectivity index (χ2v) is 5.22. The molecule has 0 aromatic heterocycles. The number of aliphatic carboxylic acids is 1. The monoisotopic (exact) mass is 293 g/mol. The van der Waals surface area contributed by atoms with Gasteiger partial charge in [-0.25, -0.2) is 0 Å². The average molecular weight is 293 g/mol. The number of aryl methyl sites for hydroxylation is 1. The summed E-state index contributed by atoms with van der Waals surface area (Å²) in [6.07, 6.45) is 0.404. The van der Waals surface area contributed by atoms with Gasteiger partial charge in [-0.2, -0.15) is 0 Å². The Morgan fingerprint density at radius 2 is 1.86 bits per heavy atom. The molecule has 21 heavy (non-hydrogen) atoms. The highest BCUT2D eigenvalue weighted by Gasteiger charge is 2.35. The van der Waals surface area contributed by atoms with E-state index in [4.69, 9.17) is 9.84 Å². The van der Waals surface area contributed by atoms with Crippen molar-refractivity contribution >= 4 is 17.6 Å². The molecule has 116 valence electrons. The molecule has 1 amide bonds. The standard InChI is InChI=1S/C16H23NO4/c1-5-16(3,21-4)15(20)17(11-10-14(18)19)13-8-6-12(2)7-9-13/h6-9H,5,10-11H2,1-4H3,(H,18,19). The molecular formula is C16H23NO4. The average Bonchev–Trinajstić information content (AvgIpc) is 2.47. The summed E-state index contributed by atoms with van der Waals surface area (Å²) in [7, 11) is 1.49. The Kier molecular flexibility index (Phi) is 5.90. The number of hydrogen-bond acceptors (Lipinski definition) is 3. The lowest BCUT2D eigenvalue weighted by Crippen LogP contribution is -2.49. The first-order chi connectivity index (χ1) is 9.84. The Morgan fingerprint density at radius 1 is 1.29 bits per heavy atom. The first-order valence-corrected chi connectivity index (χ1v) is 6.99. The van der Waals surface area contributed by atoms with Gasteiger partial charge in [0.05, 0.1) is 6.42 Å². The molecule has 5 nitrogen and oxygen atoms in total. The summed E-state index contributed by atoms with van der Waals surface area (Å²) >= 11 is 0. The van der Waals surface area contributed by atoms with Crippen molar-refractivity contribution in [1.29, 1.82) is 0 Å². The van der Waals surface area contributed by atoms with Gasteiger partial charge in [0, 0.05) is 19.3 Å². The molecule has 0 saturated heterocycles. The zero-order valence-corrected chi connectivity index (χ0v) is 13.0. The van der Waals surface area contributed by atoms with Crippen molar-refractivity contribution in [1.82, 2.24) is 0 Å². The van der Waals surface area contributed by atoms with E-state index in [2.05, 4.69) is 0 Å². The lowest BCUT2D eigenvalue weighted by Gasteiger charge is -2.32. The van der Waals surface area contributed by atoms with E-state index in [-0.39, 0.29) is 18.9 Å². The molecule has 0 aliphatic rings. The molecule has 0 fully saturated rings. The number of amides is 1. The van der Waals surface area contributed by atoms with Gasteiger partial charge in [-0.05, 0) is 32.4 Å². The third-order valence-corrected chi connectivity index (χ3v) is 3.72. The largest absolute Gasteiger partial charge is 0.481 e. The smallest absolute Gasteiger partial charge is 0.305 e. The quantitative estimate of drug-likeness (QED) is 0.839. The maximum Gasteiger partial charge on any atom is 0.305 e. The summed E-state index contributed by atoms with van der Waals surface area (Å²) in [5, 5.41) is 8.88. The van der Waals surface area contributed by atoms with Crippen LogP contribution in [-0.4, -0.2) is 36.2 Å². The topological polar surface area (TPSA) is 66.8 Å². The second kappa shape index (κ2) is 7.22. The number of carboxylic acid groups (broad SMARTS) is 1. The zero-order chi connectivity index (χ0) is 16.0. The first-order valence-electron chi connectivity index (χ1n) is 6.99. The summed E-state index contributed by atoms with van der Waals surface area (Å²) in [5.74, 6) is -1.16. The maximum absolute atomic E-state index is 12.7. The second-order valence-electron chi connectivity index (χ2n) is 5.22. The Labute approximate surface area is 125 Å². The molecule has 0 radical (unpaired) electrons. The summed E-state index contributed by atoms with van der Waals surface area (Å²) < 4.78 is 5.34. The fourth-order valence-corrected chi connectivity index (χ4v) is 1.95. The van der Waals surface area contributed by atoms with E-state index in [1.54, 1.807) is 6.92 Å². The summed E-state index contributed by atoms with van der Waals surface area (Å²) in [4.78, 5) is 25.1. The lowest BCUT2D eigenvalue weighted by atomic mass is 10.0. The Bertz CT molecular complexity index is 492. The van der Waals surface area contributed by atoms with Gasteiger partial charge < -0.3 is 14.7 Å². The van der Waals surface area contributed by atoms with Gasteiger partial charge in [-0.15, -0.1) is 0 Å². The van der Waals surface area contributed by atoms with Crippen LogP contribution >= 0.6 is 0 Å². The molecule has 1 N–H and O–H groups in total. The van der Waals surface area contributed by atoms with Gasteiger partial charge in [-0.1, -0.05) is 24.6 Å². The minimum atomic E-state index is -0.955. The summed E-state index contributed by atoms with van der Waals surface area (Å²) in [5.41, 5.74) is 0.807. The van der Waals surface area contributed by atoms with E-state index in [1.807, 2.05) is 38.1 Å². The van der Waals surface area contributed by atoms with E-state index >= 15 is 0 Å². The van der Waals surface area contributed by atoms with Gasteiger partial charge in [0.25, 0.3) is 5.91 Å². The van der Waals surface area contributed by atoms with Gasteiger partial charge in [0.15, 0.2) is 0 Å². The van der Waals surface area contributed by atoms with Crippen LogP contribution in [0.2, 0.25) is 0 Å². The third kappa shape index (κ3) is 4.29. The number of carboxylic acids is 1. The lowest BCUT2D eigenvalue weighted by molar-refractivity contribution is -0.139. The van der Waals surface area contributed by atoms with Gasteiger partial charge in [0.1, 0.15) is 5.60 Å². The summed E-state index contributed by atoms with van der Waals surface area (Å²) in [6, 6.07) is 7.43. The molecule has 1 rings (SSSR count). The third-order valence-electron chi connectivity index (χ3n) is 3.72. The van der Waals surface area contributed by atoms with E-state index in [9.17, 15) is 9.59 Å². The van der Waals surface area contributed by atoms with Gasteiger partial charge in [0.2, 0.25) is 0 Å².